The van der Waals surface area contributed by atoms with Gasteiger partial charge in [0.25, 0.3) is 0 Å². The first-order valence-corrected chi connectivity index (χ1v) is 5.21. The quantitative estimate of drug-likeness (QED) is 0.800. The number of H-pyrrole nitrogens is 1. The minimum atomic E-state index is -0.621. The molecule has 82 valence electrons. The third kappa shape index (κ3) is 1.52. The van der Waals surface area contributed by atoms with E-state index in [2.05, 4.69) is 10.2 Å². The maximum atomic E-state index is 10.1. The summed E-state index contributed by atoms with van der Waals surface area (Å²) < 4.78 is 5.34. The summed E-state index contributed by atoms with van der Waals surface area (Å²) in [6.45, 7) is 1.32. The van der Waals surface area contributed by atoms with Crippen LogP contribution < -0.4 is 0 Å². The minimum Gasteiger partial charge on any atom is -0.384 e. The molecule has 0 bridgehead atoms. The van der Waals surface area contributed by atoms with Crippen molar-refractivity contribution in [3.63, 3.8) is 0 Å². The van der Waals surface area contributed by atoms with E-state index in [0.29, 0.717) is 13.2 Å². The van der Waals surface area contributed by atoms with Gasteiger partial charge in [-0.2, -0.15) is 5.10 Å². The Balaban J connectivity index is 1.95. The van der Waals surface area contributed by atoms with Crippen LogP contribution in [0.15, 0.2) is 30.6 Å². The predicted octanol–water partition coefficient (Wildman–Crippen LogP) is 1.52. The number of nitrogens with one attached hydrogen (secondary N) is 1. The van der Waals surface area contributed by atoms with Crippen molar-refractivity contribution in [2.24, 2.45) is 0 Å². The lowest BCUT2D eigenvalue weighted by Crippen LogP contribution is -1.99. The van der Waals surface area contributed by atoms with E-state index < -0.39 is 6.10 Å². The summed E-state index contributed by atoms with van der Waals surface area (Å²) in [7, 11) is 0. The van der Waals surface area contributed by atoms with Crippen LogP contribution in [0.1, 0.15) is 28.4 Å². The van der Waals surface area contributed by atoms with Gasteiger partial charge in [0.15, 0.2) is 0 Å². The zero-order valence-electron chi connectivity index (χ0n) is 8.68. The average molecular weight is 216 g/mol. The van der Waals surface area contributed by atoms with Gasteiger partial charge in [-0.1, -0.05) is 18.2 Å². The van der Waals surface area contributed by atoms with Gasteiger partial charge in [0, 0.05) is 11.8 Å². The molecule has 0 amide bonds. The fourth-order valence-electron chi connectivity index (χ4n) is 1.96. The van der Waals surface area contributed by atoms with Crippen molar-refractivity contribution in [2.75, 3.05) is 0 Å². The number of hydrogen-bond acceptors (Lipinski definition) is 3. The van der Waals surface area contributed by atoms with E-state index in [-0.39, 0.29) is 0 Å². The van der Waals surface area contributed by atoms with Crippen LogP contribution in [0.25, 0.3) is 0 Å². The molecule has 4 heteroatoms. The molecule has 0 saturated heterocycles. The van der Waals surface area contributed by atoms with Crippen molar-refractivity contribution in [2.45, 2.75) is 19.3 Å². The number of rotatable bonds is 2. The van der Waals surface area contributed by atoms with Gasteiger partial charge >= 0.3 is 0 Å². The van der Waals surface area contributed by atoms with Crippen LogP contribution >= 0.6 is 0 Å². The Hall–Kier alpha value is -1.65. The number of aliphatic hydroxyl groups excluding tert-OH is 1. The van der Waals surface area contributed by atoms with E-state index in [9.17, 15) is 5.11 Å². The lowest BCUT2D eigenvalue weighted by molar-refractivity contribution is 0.134. The maximum Gasteiger partial charge on any atom is 0.107 e. The van der Waals surface area contributed by atoms with Gasteiger partial charge in [0.05, 0.1) is 19.4 Å². The number of fused-ring (bicyclic) bond motifs is 1. The van der Waals surface area contributed by atoms with E-state index >= 15 is 0 Å². The van der Waals surface area contributed by atoms with Crippen LogP contribution in [0.2, 0.25) is 0 Å². The third-order valence-corrected chi connectivity index (χ3v) is 2.90. The Morgan fingerprint density at radius 2 is 2.12 bits per heavy atom. The normalized spacial score (nSPS) is 16.1. The standard InChI is InChI=1S/C12H12N2O2/c15-12(11-4-13-14-5-11)8-1-2-9-6-16-7-10(9)3-8/h1-5,12,15H,6-7H2,(H,13,14). The van der Waals surface area contributed by atoms with Crippen LogP contribution in [0.5, 0.6) is 0 Å². The summed E-state index contributed by atoms with van der Waals surface area (Å²) in [6.07, 6.45) is 2.72. The molecule has 1 aromatic heterocycles. The van der Waals surface area contributed by atoms with E-state index in [1.165, 1.54) is 11.1 Å². The molecule has 1 aliphatic rings. The highest BCUT2D eigenvalue weighted by atomic mass is 16.5. The van der Waals surface area contributed by atoms with E-state index in [1.807, 2.05) is 18.2 Å². The first-order valence-electron chi connectivity index (χ1n) is 5.21. The van der Waals surface area contributed by atoms with Gasteiger partial charge in [-0.25, -0.2) is 0 Å². The van der Waals surface area contributed by atoms with Crippen LogP contribution in [0.3, 0.4) is 0 Å². The fraction of sp³-hybridized carbons (Fsp3) is 0.250. The SMILES string of the molecule is OC(c1cn[nH]c1)c1ccc2c(c1)COC2. The van der Waals surface area contributed by atoms with Gasteiger partial charge < -0.3 is 9.84 Å². The highest BCUT2D eigenvalue weighted by Gasteiger charge is 2.16. The molecule has 0 aliphatic carbocycles. The molecule has 1 unspecified atom stereocenters. The van der Waals surface area contributed by atoms with Gasteiger partial charge in [-0.3, -0.25) is 5.10 Å². The van der Waals surface area contributed by atoms with Crippen LogP contribution in [-0.4, -0.2) is 15.3 Å². The fourth-order valence-corrected chi connectivity index (χ4v) is 1.96. The van der Waals surface area contributed by atoms with Crippen molar-refractivity contribution >= 4 is 0 Å². The first-order chi connectivity index (χ1) is 7.84. The summed E-state index contributed by atoms with van der Waals surface area (Å²) in [5.41, 5.74) is 4.03. The van der Waals surface area contributed by atoms with Crippen LogP contribution in [0.4, 0.5) is 0 Å². The molecule has 0 fully saturated rings. The Labute approximate surface area is 92.9 Å². The number of ether oxygens (including phenoxy) is 1. The van der Waals surface area contributed by atoms with Crippen LogP contribution in [0, 0.1) is 0 Å². The lowest BCUT2D eigenvalue weighted by atomic mass is 10.00. The molecular formula is C12H12N2O2. The summed E-state index contributed by atoms with van der Waals surface area (Å²) in [4.78, 5) is 0. The highest BCUT2D eigenvalue weighted by Crippen LogP contribution is 2.26. The van der Waals surface area contributed by atoms with Crippen molar-refractivity contribution in [1.29, 1.82) is 0 Å². The Kier molecular flexibility index (Phi) is 2.23. The second-order valence-corrected chi connectivity index (χ2v) is 3.96. The number of aromatic nitrogens is 2. The molecule has 4 nitrogen and oxygen atoms in total. The zero-order valence-corrected chi connectivity index (χ0v) is 8.68. The van der Waals surface area contributed by atoms with Gasteiger partial charge in [-0.15, -0.1) is 0 Å². The Morgan fingerprint density at radius 3 is 2.94 bits per heavy atom. The monoisotopic (exact) mass is 216 g/mol. The third-order valence-electron chi connectivity index (χ3n) is 2.90. The number of aliphatic hydroxyl groups is 1. The molecule has 2 heterocycles. The zero-order chi connectivity index (χ0) is 11.0. The molecule has 1 atom stereocenters. The van der Waals surface area contributed by atoms with Crippen molar-refractivity contribution in [3.05, 3.63) is 52.8 Å². The van der Waals surface area contributed by atoms with Crippen LogP contribution in [-0.2, 0) is 18.0 Å². The minimum absolute atomic E-state index is 0.621. The number of nitrogens with zero attached hydrogens (tertiary/aromatic N) is 1. The van der Waals surface area contributed by atoms with Gasteiger partial charge in [0.1, 0.15) is 6.10 Å². The second kappa shape index (κ2) is 3.73. The average Bonchev–Trinajstić information content (AvgIpc) is 2.98. The van der Waals surface area contributed by atoms with E-state index in [0.717, 1.165) is 11.1 Å². The summed E-state index contributed by atoms with van der Waals surface area (Å²) in [6, 6.07) is 5.95. The summed E-state index contributed by atoms with van der Waals surface area (Å²) >= 11 is 0. The van der Waals surface area contributed by atoms with Crippen molar-refractivity contribution in [1.82, 2.24) is 10.2 Å². The molecule has 0 spiro atoms. The van der Waals surface area contributed by atoms with E-state index in [4.69, 9.17) is 4.74 Å². The Bertz CT molecular complexity index is 494. The largest absolute Gasteiger partial charge is 0.384 e. The summed E-state index contributed by atoms with van der Waals surface area (Å²) in [5.74, 6) is 0. The smallest absolute Gasteiger partial charge is 0.107 e. The molecule has 16 heavy (non-hydrogen) atoms. The molecule has 0 radical (unpaired) electrons. The number of aromatic amines is 1. The molecule has 3 rings (SSSR count). The molecule has 1 aliphatic heterocycles. The molecule has 2 aromatic rings. The van der Waals surface area contributed by atoms with Crippen molar-refractivity contribution < 1.29 is 9.84 Å². The van der Waals surface area contributed by atoms with Crippen molar-refractivity contribution in [3.8, 4) is 0 Å². The lowest BCUT2D eigenvalue weighted by Gasteiger charge is -2.09. The molecule has 2 N–H and O–H groups in total. The predicted molar refractivity (Wildman–Crippen MR) is 57.6 cm³/mol. The second-order valence-electron chi connectivity index (χ2n) is 3.96. The Morgan fingerprint density at radius 1 is 1.25 bits per heavy atom. The molecular weight excluding hydrogens is 204 g/mol. The number of hydrogen-bond donors (Lipinski definition) is 2. The maximum absolute atomic E-state index is 10.1. The first kappa shape index (κ1) is 9.57. The molecule has 1 aromatic carbocycles. The topological polar surface area (TPSA) is 58.1 Å². The van der Waals surface area contributed by atoms with Gasteiger partial charge in [-0.05, 0) is 16.7 Å². The summed E-state index contributed by atoms with van der Waals surface area (Å²) in [5, 5.41) is 16.6. The molecule has 0 saturated carbocycles. The number of benzene rings is 1. The van der Waals surface area contributed by atoms with E-state index in [1.54, 1.807) is 12.4 Å². The van der Waals surface area contributed by atoms with Gasteiger partial charge in [0.2, 0.25) is 0 Å². The highest BCUT2D eigenvalue weighted by molar-refractivity contribution is 5.36.